The van der Waals surface area contributed by atoms with Gasteiger partial charge >= 0.3 is 0 Å². The van der Waals surface area contributed by atoms with Gasteiger partial charge in [-0.1, -0.05) is 11.6 Å². The van der Waals surface area contributed by atoms with Crippen molar-refractivity contribution in [2.45, 2.75) is 19.9 Å². The van der Waals surface area contributed by atoms with Gasteiger partial charge in [-0.3, -0.25) is 9.59 Å². The highest BCUT2D eigenvalue weighted by Gasteiger charge is 2.18. The van der Waals surface area contributed by atoms with Gasteiger partial charge in [-0.05, 0) is 44.2 Å². The normalized spacial score (nSPS) is 11.2. The van der Waals surface area contributed by atoms with Crippen LogP contribution < -0.4 is 10.7 Å². The maximum absolute atomic E-state index is 13.8. The molecule has 0 fully saturated rings. The summed E-state index contributed by atoms with van der Waals surface area (Å²) in [7, 11) is 0. The molecule has 3 rings (SSSR count). The first-order chi connectivity index (χ1) is 12.3. The second-order valence-electron chi connectivity index (χ2n) is 6.11. The number of nitrogens with one attached hydrogen (secondary N) is 1. The molecule has 0 aliphatic carbocycles. The molecule has 1 amide bonds. The molecule has 0 saturated carbocycles. The van der Waals surface area contributed by atoms with Crippen LogP contribution in [0.5, 0.6) is 0 Å². The van der Waals surface area contributed by atoms with Crippen molar-refractivity contribution in [2.75, 3.05) is 5.32 Å². The predicted molar refractivity (Wildman–Crippen MR) is 97.9 cm³/mol. The molecule has 4 nitrogen and oxygen atoms in total. The molecule has 2 aromatic carbocycles. The molecule has 1 aromatic heterocycles. The van der Waals surface area contributed by atoms with Crippen molar-refractivity contribution in [3.63, 3.8) is 0 Å². The molecule has 134 valence electrons. The fourth-order valence-electron chi connectivity index (χ4n) is 2.70. The number of amides is 1. The van der Waals surface area contributed by atoms with Crippen molar-refractivity contribution in [1.82, 2.24) is 4.57 Å². The number of carbonyl (C=O) groups excluding carboxylic acids is 1. The lowest BCUT2D eigenvalue weighted by molar-refractivity contribution is 0.102. The lowest BCUT2D eigenvalue weighted by atomic mass is 10.1. The molecule has 1 N–H and O–H groups in total. The summed E-state index contributed by atoms with van der Waals surface area (Å²) in [5.74, 6) is -2.47. The first-order valence-corrected chi connectivity index (χ1v) is 8.26. The van der Waals surface area contributed by atoms with Gasteiger partial charge in [0.15, 0.2) is 0 Å². The Bertz CT molecular complexity index is 1080. The Balaban J connectivity index is 2.13. The Kier molecular flexibility index (Phi) is 4.78. The Morgan fingerprint density at radius 1 is 1.15 bits per heavy atom. The molecule has 0 spiro atoms. The van der Waals surface area contributed by atoms with Gasteiger partial charge in [0.25, 0.3) is 5.91 Å². The lowest BCUT2D eigenvalue weighted by Crippen LogP contribution is -2.24. The smallest absolute Gasteiger partial charge is 0.261 e. The molecule has 0 aliphatic rings. The standard InChI is InChI=1S/C19H15ClF2N2O2/c1-10(2)24-9-14(18(25)13-7-11(20)3-6-17(13)24)19(26)23-16-5-4-12(21)8-15(16)22/h3-10H,1-2H3,(H,23,26). The van der Waals surface area contributed by atoms with E-state index in [-0.39, 0.29) is 17.3 Å². The largest absolute Gasteiger partial charge is 0.344 e. The topological polar surface area (TPSA) is 51.1 Å². The molecular formula is C19H15ClF2N2O2. The molecule has 0 aliphatic heterocycles. The summed E-state index contributed by atoms with van der Waals surface area (Å²) in [5, 5.41) is 2.97. The van der Waals surface area contributed by atoms with E-state index >= 15 is 0 Å². The monoisotopic (exact) mass is 376 g/mol. The van der Waals surface area contributed by atoms with Crippen LogP contribution in [0.2, 0.25) is 5.02 Å². The van der Waals surface area contributed by atoms with Gasteiger partial charge in [0.1, 0.15) is 17.2 Å². The first kappa shape index (κ1) is 18.1. The van der Waals surface area contributed by atoms with Crippen molar-refractivity contribution < 1.29 is 13.6 Å². The van der Waals surface area contributed by atoms with Crippen LogP contribution in [0.3, 0.4) is 0 Å². The average Bonchev–Trinajstić information content (AvgIpc) is 2.57. The van der Waals surface area contributed by atoms with Crippen LogP contribution >= 0.6 is 11.6 Å². The van der Waals surface area contributed by atoms with E-state index in [4.69, 9.17) is 11.6 Å². The Morgan fingerprint density at radius 2 is 1.88 bits per heavy atom. The van der Waals surface area contributed by atoms with Crippen LogP contribution in [0.1, 0.15) is 30.2 Å². The summed E-state index contributed by atoms with van der Waals surface area (Å²) in [6.07, 6.45) is 1.43. The molecule has 0 atom stereocenters. The summed E-state index contributed by atoms with van der Waals surface area (Å²) in [4.78, 5) is 25.3. The van der Waals surface area contributed by atoms with Crippen LogP contribution in [0.25, 0.3) is 10.9 Å². The Labute approximate surface area is 153 Å². The SMILES string of the molecule is CC(C)n1cc(C(=O)Nc2ccc(F)cc2F)c(=O)c2cc(Cl)ccc21. The summed E-state index contributed by atoms with van der Waals surface area (Å²) in [6.45, 7) is 3.81. The van der Waals surface area contributed by atoms with Gasteiger partial charge in [-0.15, -0.1) is 0 Å². The highest BCUT2D eigenvalue weighted by Crippen LogP contribution is 2.21. The molecule has 0 radical (unpaired) electrons. The number of anilines is 1. The molecule has 0 saturated heterocycles. The zero-order valence-corrected chi connectivity index (χ0v) is 14.8. The number of rotatable bonds is 3. The second-order valence-corrected chi connectivity index (χ2v) is 6.55. The van der Waals surface area contributed by atoms with Gasteiger partial charge < -0.3 is 9.88 Å². The van der Waals surface area contributed by atoms with Crippen molar-refractivity contribution >= 4 is 34.1 Å². The molecular weight excluding hydrogens is 362 g/mol. The van der Waals surface area contributed by atoms with E-state index in [1.165, 1.54) is 12.3 Å². The van der Waals surface area contributed by atoms with E-state index in [1.54, 1.807) is 16.7 Å². The van der Waals surface area contributed by atoms with Gasteiger partial charge in [0.05, 0.1) is 11.2 Å². The molecule has 7 heteroatoms. The summed E-state index contributed by atoms with van der Waals surface area (Å²) in [5.41, 5.74) is -0.242. The third kappa shape index (κ3) is 3.32. The van der Waals surface area contributed by atoms with Gasteiger partial charge in [0.2, 0.25) is 5.43 Å². The van der Waals surface area contributed by atoms with E-state index in [2.05, 4.69) is 5.32 Å². The summed E-state index contributed by atoms with van der Waals surface area (Å²) in [6, 6.07) is 7.60. The number of carbonyl (C=O) groups is 1. The zero-order valence-electron chi connectivity index (χ0n) is 14.0. The van der Waals surface area contributed by atoms with E-state index in [9.17, 15) is 18.4 Å². The Hall–Kier alpha value is -2.73. The van der Waals surface area contributed by atoms with Crippen molar-refractivity contribution in [3.8, 4) is 0 Å². The fraction of sp³-hybridized carbons (Fsp3) is 0.158. The number of hydrogen-bond acceptors (Lipinski definition) is 2. The lowest BCUT2D eigenvalue weighted by Gasteiger charge is -2.17. The average molecular weight is 377 g/mol. The minimum Gasteiger partial charge on any atom is -0.344 e. The molecule has 1 heterocycles. The maximum Gasteiger partial charge on any atom is 0.261 e. The number of halogens is 3. The Morgan fingerprint density at radius 3 is 2.54 bits per heavy atom. The molecule has 26 heavy (non-hydrogen) atoms. The highest BCUT2D eigenvalue weighted by molar-refractivity contribution is 6.31. The van der Waals surface area contributed by atoms with Crippen molar-refractivity contribution in [3.05, 3.63) is 75.0 Å². The van der Waals surface area contributed by atoms with Crippen molar-refractivity contribution in [1.29, 1.82) is 0 Å². The van der Waals surface area contributed by atoms with Crippen LogP contribution in [-0.4, -0.2) is 10.5 Å². The maximum atomic E-state index is 13.8. The zero-order chi connectivity index (χ0) is 19.0. The minimum atomic E-state index is -0.925. The third-order valence-corrected chi connectivity index (χ3v) is 4.21. The minimum absolute atomic E-state index is 0.0339. The van der Waals surface area contributed by atoms with E-state index in [0.717, 1.165) is 12.1 Å². The number of nitrogens with zero attached hydrogens (tertiary/aromatic N) is 1. The van der Waals surface area contributed by atoms with E-state index < -0.39 is 23.0 Å². The van der Waals surface area contributed by atoms with Crippen LogP contribution in [0.4, 0.5) is 14.5 Å². The number of aromatic nitrogens is 1. The molecule has 3 aromatic rings. The summed E-state index contributed by atoms with van der Waals surface area (Å²) < 4.78 is 28.6. The second kappa shape index (κ2) is 6.88. The van der Waals surface area contributed by atoms with Gasteiger partial charge in [-0.2, -0.15) is 0 Å². The van der Waals surface area contributed by atoms with Crippen LogP contribution in [-0.2, 0) is 0 Å². The first-order valence-electron chi connectivity index (χ1n) is 7.88. The van der Waals surface area contributed by atoms with E-state index in [1.807, 2.05) is 13.8 Å². The predicted octanol–water partition coefficient (Wildman–Crippen LogP) is 4.77. The summed E-state index contributed by atoms with van der Waals surface area (Å²) >= 11 is 5.99. The quantitative estimate of drug-likeness (QED) is 0.716. The van der Waals surface area contributed by atoms with Crippen LogP contribution in [0.15, 0.2) is 47.4 Å². The number of hydrogen-bond donors (Lipinski definition) is 1. The third-order valence-electron chi connectivity index (χ3n) is 3.97. The fourth-order valence-corrected chi connectivity index (χ4v) is 2.87. The molecule has 0 bridgehead atoms. The highest BCUT2D eigenvalue weighted by atomic mass is 35.5. The number of benzene rings is 2. The van der Waals surface area contributed by atoms with Crippen molar-refractivity contribution in [2.24, 2.45) is 0 Å². The number of pyridine rings is 1. The van der Waals surface area contributed by atoms with Gasteiger partial charge in [-0.25, -0.2) is 8.78 Å². The van der Waals surface area contributed by atoms with Crippen LogP contribution in [0, 0.1) is 11.6 Å². The molecule has 0 unspecified atom stereocenters. The number of fused-ring (bicyclic) bond motifs is 1. The van der Waals surface area contributed by atoms with E-state index in [0.29, 0.717) is 22.0 Å². The van der Waals surface area contributed by atoms with Gasteiger partial charge in [0, 0.05) is 28.7 Å².